The van der Waals surface area contributed by atoms with Gasteiger partial charge in [0.25, 0.3) is 5.91 Å². The van der Waals surface area contributed by atoms with Crippen LogP contribution in [0.2, 0.25) is 0 Å². The number of carbonyl (C=O) groups excluding carboxylic acids is 1. The van der Waals surface area contributed by atoms with E-state index in [4.69, 9.17) is 5.73 Å². The van der Waals surface area contributed by atoms with Crippen LogP contribution in [0.1, 0.15) is 4.88 Å². The molecule has 5 heteroatoms. The molecule has 0 aliphatic carbocycles. The van der Waals surface area contributed by atoms with Crippen molar-refractivity contribution in [2.75, 3.05) is 0 Å². The monoisotopic (exact) mass is 181 g/mol. The third kappa shape index (κ3) is 1.03. The van der Waals surface area contributed by atoms with Crippen LogP contribution in [0.15, 0.2) is 22.6 Å². The number of hydrogen-bond donors (Lipinski definition) is 2. The van der Waals surface area contributed by atoms with Gasteiger partial charge in [-0.2, -0.15) is 5.10 Å². The zero-order chi connectivity index (χ0) is 8.55. The fraction of sp³-hybridized carbons (Fsp3) is 0.143. The van der Waals surface area contributed by atoms with E-state index in [1.165, 1.54) is 11.3 Å². The van der Waals surface area contributed by atoms with Crippen molar-refractivity contribution in [1.29, 1.82) is 0 Å². The van der Waals surface area contributed by atoms with Crippen LogP contribution in [0.25, 0.3) is 0 Å². The number of nitrogens with zero attached hydrogens (tertiary/aromatic N) is 1. The van der Waals surface area contributed by atoms with Gasteiger partial charge < -0.3 is 5.73 Å². The van der Waals surface area contributed by atoms with Crippen LogP contribution in [0.3, 0.4) is 0 Å². The second-order valence-electron chi connectivity index (χ2n) is 2.43. The molecule has 4 nitrogen and oxygen atoms in total. The maximum atomic E-state index is 10.9. The van der Waals surface area contributed by atoms with Crippen molar-refractivity contribution in [3.05, 3.63) is 22.4 Å². The van der Waals surface area contributed by atoms with Crippen LogP contribution in [-0.2, 0) is 4.79 Å². The summed E-state index contributed by atoms with van der Waals surface area (Å²) in [5.74, 6) is -0.238. The molecule has 1 unspecified atom stereocenters. The molecule has 62 valence electrons. The minimum absolute atomic E-state index is 0.238. The molecular weight excluding hydrogens is 174 g/mol. The number of amides is 1. The fourth-order valence-electron chi connectivity index (χ4n) is 1.01. The number of nitrogens with two attached hydrogens (primary N) is 1. The highest BCUT2D eigenvalue weighted by Crippen LogP contribution is 2.13. The Labute approximate surface area is 73.1 Å². The first-order valence-corrected chi connectivity index (χ1v) is 4.34. The third-order valence-electron chi connectivity index (χ3n) is 1.64. The molecule has 2 heterocycles. The molecule has 0 aromatic carbocycles. The molecule has 1 atom stereocenters. The van der Waals surface area contributed by atoms with E-state index in [2.05, 4.69) is 10.5 Å². The summed E-state index contributed by atoms with van der Waals surface area (Å²) in [6.45, 7) is 0. The second kappa shape index (κ2) is 2.69. The maximum absolute atomic E-state index is 10.9. The minimum Gasteiger partial charge on any atom is -0.315 e. The molecule has 0 saturated carbocycles. The highest BCUT2D eigenvalue weighted by molar-refractivity contribution is 7.12. The van der Waals surface area contributed by atoms with Crippen LogP contribution < -0.4 is 11.2 Å². The zero-order valence-corrected chi connectivity index (χ0v) is 6.97. The van der Waals surface area contributed by atoms with Crippen molar-refractivity contribution in [3.63, 3.8) is 0 Å². The first kappa shape index (κ1) is 7.45. The quantitative estimate of drug-likeness (QED) is 0.635. The van der Waals surface area contributed by atoms with E-state index in [1.54, 1.807) is 0 Å². The van der Waals surface area contributed by atoms with Crippen molar-refractivity contribution in [1.82, 2.24) is 5.43 Å². The standard InChI is InChI=1S/C7H7N3OS/c8-5-6(9-10-7(5)11)4-2-1-3-12-4/h1-3,5H,8H2,(H,10,11). The predicted molar refractivity (Wildman–Crippen MR) is 47.0 cm³/mol. The van der Waals surface area contributed by atoms with E-state index >= 15 is 0 Å². The Bertz CT molecular complexity index is 330. The highest BCUT2D eigenvalue weighted by Gasteiger charge is 2.27. The SMILES string of the molecule is NC1C(=O)NN=C1c1cccs1. The van der Waals surface area contributed by atoms with Crippen LogP contribution in [-0.4, -0.2) is 17.7 Å². The molecule has 1 aliphatic rings. The van der Waals surface area contributed by atoms with Crippen molar-refractivity contribution < 1.29 is 4.79 Å². The zero-order valence-electron chi connectivity index (χ0n) is 6.15. The maximum Gasteiger partial charge on any atom is 0.263 e. The van der Waals surface area contributed by atoms with Gasteiger partial charge in [-0.25, -0.2) is 5.43 Å². The van der Waals surface area contributed by atoms with Gasteiger partial charge in [-0.3, -0.25) is 4.79 Å². The van der Waals surface area contributed by atoms with Gasteiger partial charge >= 0.3 is 0 Å². The van der Waals surface area contributed by atoms with Gasteiger partial charge in [-0.05, 0) is 11.4 Å². The molecule has 0 spiro atoms. The normalized spacial score (nSPS) is 22.2. The molecule has 1 aliphatic heterocycles. The van der Waals surface area contributed by atoms with E-state index < -0.39 is 6.04 Å². The molecule has 1 aromatic heterocycles. The van der Waals surface area contributed by atoms with Crippen LogP contribution >= 0.6 is 11.3 Å². The molecule has 3 N–H and O–H groups in total. The third-order valence-corrected chi connectivity index (χ3v) is 2.53. The summed E-state index contributed by atoms with van der Waals surface area (Å²) in [4.78, 5) is 11.9. The van der Waals surface area contributed by atoms with Gasteiger partial charge in [0.1, 0.15) is 11.8 Å². The Morgan fingerprint density at radius 3 is 3.00 bits per heavy atom. The lowest BCUT2D eigenvalue weighted by Crippen LogP contribution is -2.37. The summed E-state index contributed by atoms with van der Waals surface area (Å²) in [7, 11) is 0. The summed E-state index contributed by atoms with van der Waals surface area (Å²) < 4.78 is 0. The molecule has 0 fully saturated rings. The summed E-state index contributed by atoms with van der Waals surface area (Å²) in [5, 5.41) is 5.77. The van der Waals surface area contributed by atoms with Gasteiger partial charge in [0.05, 0.1) is 4.88 Å². The number of hydrogen-bond acceptors (Lipinski definition) is 4. The Morgan fingerprint density at radius 1 is 1.67 bits per heavy atom. The summed E-state index contributed by atoms with van der Waals surface area (Å²) in [5.41, 5.74) is 8.55. The largest absolute Gasteiger partial charge is 0.315 e. The predicted octanol–water partition coefficient (Wildman–Crippen LogP) is -0.0907. The molecule has 0 bridgehead atoms. The molecule has 0 radical (unpaired) electrons. The average Bonchev–Trinajstić information content (AvgIpc) is 2.64. The minimum atomic E-state index is -0.608. The van der Waals surface area contributed by atoms with E-state index in [-0.39, 0.29) is 5.91 Å². The number of rotatable bonds is 1. The first-order valence-electron chi connectivity index (χ1n) is 3.46. The fourth-order valence-corrected chi connectivity index (χ4v) is 1.77. The van der Waals surface area contributed by atoms with E-state index in [0.717, 1.165) is 4.88 Å². The van der Waals surface area contributed by atoms with Crippen molar-refractivity contribution >= 4 is 23.0 Å². The summed E-state index contributed by atoms with van der Waals surface area (Å²) in [6.07, 6.45) is 0. The van der Waals surface area contributed by atoms with Crippen molar-refractivity contribution in [2.24, 2.45) is 10.8 Å². The van der Waals surface area contributed by atoms with Crippen LogP contribution in [0, 0.1) is 0 Å². The van der Waals surface area contributed by atoms with Crippen molar-refractivity contribution in [2.45, 2.75) is 6.04 Å². The molecule has 1 amide bonds. The van der Waals surface area contributed by atoms with Gasteiger partial charge in [0.2, 0.25) is 0 Å². The Morgan fingerprint density at radius 2 is 2.50 bits per heavy atom. The Kier molecular flexibility index (Phi) is 1.67. The molecule has 0 saturated heterocycles. The van der Waals surface area contributed by atoms with E-state index in [0.29, 0.717) is 5.71 Å². The van der Waals surface area contributed by atoms with Crippen molar-refractivity contribution in [3.8, 4) is 0 Å². The smallest absolute Gasteiger partial charge is 0.263 e. The van der Waals surface area contributed by atoms with Gasteiger partial charge in [-0.1, -0.05) is 6.07 Å². The number of hydrazone groups is 1. The van der Waals surface area contributed by atoms with Crippen LogP contribution in [0.5, 0.6) is 0 Å². The van der Waals surface area contributed by atoms with Gasteiger partial charge in [0.15, 0.2) is 0 Å². The lowest BCUT2D eigenvalue weighted by Gasteiger charge is -1.99. The molecule has 12 heavy (non-hydrogen) atoms. The lowest BCUT2D eigenvalue weighted by atomic mass is 10.1. The molecular formula is C7H7N3OS. The highest BCUT2D eigenvalue weighted by atomic mass is 32.1. The second-order valence-corrected chi connectivity index (χ2v) is 3.38. The summed E-state index contributed by atoms with van der Waals surface area (Å²) >= 11 is 1.52. The summed E-state index contributed by atoms with van der Waals surface area (Å²) in [6, 6.07) is 3.19. The molecule has 1 aromatic rings. The lowest BCUT2D eigenvalue weighted by molar-refractivity contribution is -0.120. The number of nitrogens with one attached hydrogen (secondary N) is 1. The van der Waals surface area contributed by atoms with E-state index in [9.17, 15) is 4.79 Å². The van der Waals surface area contributed by atoms with Gasteiger partial charge in [-0.15, -0.1) is 11.3 Å². The van der Waals surface area contributed by atoms with Gasteiger partial charge in [0, 0.05) is 0 Å². The first-order chi connectivity index (χ1) is 5.79. The number of thiophene rings is 1. The molecule has 2 rings (SSSR count). The Balaban J connectivity index is 2.32. The van der Waals surface area contributed by atoms with Crippen LogP contribution in [0.4, 0.5) is 0 Å². The average molecular weight is 181 g/mol. The Hall–Kier alpha value is -1.20. The topological polar surface area (TPSA) is 67.5 Å². The number of carbonyl (C=O) groups is 1. The van der Waals surface area contributed by atoms with E-state index in [1.807, 2.05) is 17.5 Å².